The highest BCUT2D eigenvalue weighted by atomic mass is 127. The molecule has 0 radical (unpaired) electrons. The number of rotatable bonds is 6. The van der Waals surface area contributed by atoms with E-state index in [4.69, 9.17) is 0 Å². The summed E-state index contributed by atoms with van der Waals surface area (Å²) in [6.07, 6.45) is 5.01. The van der Waals surface area contributed by atoms with Gasteiger partial charge in [0.1, 0.15) is 11.5 Å². The molecule has 0 saturated carbocycles. The molecule has 2 rings (SSSR count). The summed E-state index contributed by atoms with van der Waals surface area (Å²) in [5.74, 6) is 1.62. The molecule has 0 aliphatic rings. The summed E-state index contributed by atoms with van der Waals surface area (Å²) in [7, 11) is 1.90. The van der Waals surface area contributed by atoms with Crippen molar-refractivity contribution in [1.29, 1.82) is 0 Å². The second kappa shape index (κ2) is 7.01. The minimum Gasteiger partial charge on any atom is -0.369 e. The zero-order chi connectivity index (χ0) is 14.5. The molecular formula is C14H20IN5. The van der Waals surface area contributed by atoms with Crippen LogP contribution in [0.5, 0.6) is 0 Å². The number of anilines is 1. The second-order valence-corrected chi connectivity index (χ2v) is 5.79. The lowest BCUT2D eigenvalue weighted by Crippen LogP contribution is -2.09. The number of aromatic nitrogens is 4. The summed E-state index contributed by atoms with van der Waals surface area (Å²) in [6, 6.07) is 1.95. The molecule has 0 spiro atoms. The Hall–Kier alpha value is -1.18. The maximum Gasteiger partial charge on any atom is 0.182 e. The highest BCUT2D eigenvalue weighted by Crippen LogP contribution is 2.24. The van der Waals surface area contributed by atoms with Crippen LogP contribution in [-0.2, 0) is 13.5 Å². The van der Waals surface area contributed by atoms with Crippen molar-refractivity contribution < 1.29 is 0 Å². The van der Waals surface area contributed by atoms with Gasteiger partial charge in [-0.3, -0.25) is 4.68 Å². The van der Waals surface area contributed by atoms with Crippen LogP contribution in [0, 0.1) is 3.57 Å². The Morgan fingerprint density at radius 3 is 2.65 bits per heavy atom. The Labute approximate surface area is 133 Å². The normalized spacial score (nSPS) is 10.8. The van der Waals surface area contributed by atoms with E-state index in [0.29, 0.717) is 5.82 Å². The zero-order valence-electron chi connectivity index (χ0n) is 12.1. The zero-order valence-corrected chi connectivity index (χ0v) is 14.3. The Morgan fingerprint density at radius 1 is 1.25 bits per heavy atom. The van der Waals surface area contributed by atoms with Crippen molar-refractivity contribution in [3.05, 3.63) is 21.5 Å². The van der Waals surface area contributed by atoms with Gasteiger partial charge in [-0.25, -0.2) is 9.97 Å². The molecule has 6 heteroatoms. The Kier molecular flexibility index (Phi) is 5.33. The summed E-state index contributed by atoms with van der Waals surface area (Å²) >= 11 is 2.33. The third-order valence-electron chi connectivity index (χ3n) is 2.89. The maximum atomic E-state index is 4.68. The highest BCUT2D eigenvalue weighted by molar-refractivity contribution is 14.1. The van der Waals surface area contributed by atoms with Crippen molar-refractivity contribution in [1.82, 2.24) is 19.7 Å². The molecule has 5 nitrogen and oxygen atoms in total. The van der Waals surface area contributed by atoms with Crippen molar-refractivity contribution in [3.8, 4) is 11.5 Å². The summed E-state index contributed by atoms with van der Waals surface area (Å²) < 4.78 is 2.90. The van der Waals surface area contributed by atoms with Crippen molar-refractivity contribution in [2.24, 2.45) is 7.05 Å². The molecule has 0 aliphatic carbocycles. The van der Waals surface area contributed by atoms with Crippen molar-refractivity contribution in [2.75, 3.05) is 11.9 Å². The fraction of sp³-hybridized carbons (Fsp3) is 0.500. The molecule has 2 heterocycles. The van der Waals surface area contributed by atoms with E-state index in [9.17, 15) is 0 Å². The molecule has 0 unspecified atom stereocenters. The van der Waals surface area contributed by atoms with Crippen LogP contribution in [-0.4, -0.2) is 26.3 Å². The first-order valence-electron chi connectivity index (χ1n) is 6.96. The number of nitrogens with one attached hydrogen (secondary N) is 1. The lowest BCUT2D eigenvalue weighted by molar-refractivity contribution is 0.767. The van der Waals surface area contributed by atoms with Gasteiger partial charge in [-0.1, -0.05) is 20.3 Å². The van der Waals surface area contributed by atoms with E-state index in [1.54, 1.807) is 4.68 Å². The van der Waals surface area contributed by atoms with Gasteiger partial charge < -0.3 is 5.32 Å². The first kappa shape index (κ1) is 15.2. The van der Waals surface area contributed by atoms with E-state index in [1.165, 1.54) is 0 Å². The van der Waals surface area contributed by atoms with Crippen molar-refractivity contribution >= 4 is 28.4 Å². The third kappa shape index (κ3) is 3.47. The molecule has 0 amide bonds. The van der Waals surface area contributed by atoms with Gasteiger partial charge in [-0.05, 0) is 41.5 Å². The van der Waals surface area contributed by atoms with Gasteiger partial charge in [-0.2, -0.15) is 5.10 Å². The SMILES string of the molecule is CCCNc1nc(-c2ccn(C)n2)nc(CCC)c1I. The molecular weight excluding hydrogens is 365 g/mol. The largest absolute Gasteiger partial charge is 0.369 e. The fourth-order valence-electron chi connectivity index (χ4n) is 1.91. The van der Waals surface area contributed by atoms with Crippen LogP contribution >= 0.6 is 22.6 Å². The number of hydrogen-bond donors (Lipinski definition) is 1. The van der Waals surface area contributed by atoms with E-state index < -0.39 is 0 Å². The van der Waals surface area contributed by atoms with Crippen LogP contribution in [0.15, 0.2) is 12.3 Å². The number of nitrogens with zero attached hydrogens (tertiary/aromatic N) is 4. The van der Waals surface area contributed by atoms with Gasteiger partial charge in [0.25, 0.3) is 0 Å². The quantitative estimate of drug-likeness (QED) is 0.776. The molecule has 2 aromatic rings. The molecule has 0 saturated heterocycles. The van der Waals surface area contributed by atoms with E-state index in [0.717, 1.165) is 46.6 Å². The lowest BCUT2D eigenvalue weighted by Gasteiger charge is -2.11. The van der Waals surface area contributed by atoms with Gasteiger partial charge >= 0.3 is 0 Å². The maximum absolute atomic E-state index is 4.68. The summed E-state index contributed by atoms with van der Waals surface area (Å²) in [6.45, 7) is 5.23. The van der Waals surface area contributed by atoms with Crippen LogP contribution in [0.25, 0.3) is 11.5 Å². The fourth-order valence-corrected chi connectivity index (χ4v) is 2.61. The molecule has 2 aromatic heterocycles. The Balaban J connectivity index is 2.43. The first-order chi connectivity index (χ1) is 9.65. The van der Waals surface area contributed by atoms with Gasteiger partial charge in [0.15, 0.2) is 5.82 Å². The minimum absolute atomic E-state index is 0.702. The summed E-state index contributed by atoms with van der Waals surface area (Å²) in [5, 5.41) is 7.78. The van der Waals surface area contributed by atoms with E-state index >= 15 is 0 Å². The highest BCUT2D eigenvalue weighted by Gasteiger charge is 2.14. The van der Waals surface area contributed by atoms with E-state index in [2.05, 4.69) is 56.8 Å². The summed E-state index contributed by atoms with van der Waals surface area (Å²) in [5.41, 5.74) is 1.92. The predicted molar refractivity (Wildman–Crippen MR) is 89.7 cm³/mol. The van der Waals surface area contributed by atoms with E-state index in [-0.39, 0.29) is 0 Å². The molecule has 0 aromatic carbocycles. The molecule has 108 valence electrons. The standard InChI is InChI=1S/C14H20IN5/c1-4-6-10-12(15)14(16-8-5-2)18-13(17-10)11-7-9-20(3)19-11/h7,9H,4-6,8H2,1-3H3,(H,16,17,18). The molecule has 1 N–H and O–H groups in total. The summed E-state index contributed by atoms with van der Waals surface area (Å²) in [4.78, 5) is 9.31. The number of hydrogen-bond acceptors (Lipinski definition) is 4. The molecule has 0 atom stereocenters. The van der Waals surface area contributed by atoms with Crippen LogP contribution in [0.4, 0.5) is 5.82 Å². The van der Waals surface area contributed by atoms with Crippen LogP contribution < -0.4 is 5.32 Å². The van der Waals surface area contributed by atoms with Crippen LogP contribution in [0.2, 0.25) is 0 Å². The minimum atomic E-state index is 0.702. The lowest BCUT2D eigenvalue weighted by atomic mass is 10.2. The second-order valence-electron chi connectivity index (χ2n) is 4.71. The number of aryl methyl sites for hydroxylation is 2. The van der Waals surface area contributed by atoms with Gasteiger partial charge in [-0.15, -0.1) is 0 Å². The predicted octanol–water partition coefficient (Wildman–Crippen LogP) is 3.26. The molecule has 0 aliphatic heterocycles. The molecule has 0 bridgehead atoms. The van der Waals surface area contributed by atoms with Gasteiger partial charge in [0.05, 0.1) is 9.26 Å². The Bertz CT molecular complexity index is 579. The van der Waals surface area contributed by atoms with Crippen LogP contribution in [0.3, 0.4) is 0 Å². The topological polar surface area (TPSA) is 55.6 Å². The van der Waals surface area contributed by atoms with Crippen molar-refractivity contribution in [3.63, 3.8) is 0 Å². The average molecular weight is 385 g/mol. The monoisotopic (exact) mass is 385 g/mol. The van der Waals surface area contributed by atoms with Crippen LogP contribution in [0.1, 0.15) is 32.4 Å². The van der Waals surface area contributed by atoms with Crippen molar-refractivity contribution in [2.45, 2.75) is 33.1 Å². The van der Waals surface area contributed by atoms with E-state index in [1.807, 2.05) is 19.3 Å². The smallest absolute Gasteiger partial charge is 0.182 e. The number of halogens is 1. The molecule has 20 heavy (non-hydrogen) atoms. The van der Waals surface area contributed by atoms with Gasteiger partial charge in [0.2, 0.25) is 0 Å². The van der Waals surface area contributed by atoms with Gasteiger partial charge in [0, 0.05) is 19.8 Å². The Morgan fingerprint density at radius 2 is 2.05 bits per heavy atom. The first-order valence-corrected chi connectivity index (χ1v) is 8.03. The third-order valence-corrected chi connectivity index (χ3v) is 4.03. The molecule has 0 fully saturated rings. The average Bonchev–Trinajstić information content (AvgIpc) is 2.86.